The summed E-state index contributed by atoms with van der Waals surface area (Å²) in [7, 11) is 0. The molecule has 25 heavy (non-hydrogen) atoms. The molecule has 0 bridgehead atoms. The second-order valence-electron chi connectivity index (χ2n) is 5.13. The standard InChI is InChI=1S/C16H15ClN6O2/c17-13-3-5-14(6-4-13)25-11-15-20-21-22-23(15)10-16(24)19-9-12-2-1-7-18-8-12/h1-8H,9-11H2,(H,19,24). The number of carbonyl (C=O) groups is 1. The Labute approximate surface area is 148 Å². The fourth-order valence-electron chi connectivity index (χ4n) is 2.02. The van der Waals surface area contributed by atoms with E-state index in [1.165, 1.54) is 4.68 Å². The van der Waals surface area contributed by atoms with Gasteiger partial charge in [-0.2, -0.15) is 0 Å². The summed E-state index contributed by atoms with van der Waals surface area (Å²) in [6.07, 6.45) is 3.38. The van der Waals surface area contributed by atoms with Gasteiger partial charge >= 0.3 is 0 Å². The number of ether oxygens (including phenoxy) is 1. The Kier molecular flexibility index (Phi) is 5.53. The molecule has 8 nitrogen and oxygen atoms in total. The number of benzene rings is 1. The Balaban J connectivity index is 1.52. The number of hydrogen-bond acceptors (Lipinski definition) is 6. The fraction of sp³-hybridized carbons (Fsp3) is 0.188. The first-order valence-electron chi connectivity index (χ1n) is 7.50. The van der Waals surface area contributed by atoms with E-state index in [1.807, 2.05) is 12.1 Å². The molecule has 0 fully saturated rings. The van der Waals surface area contributed by atoms with Gasteiger partial charge < -0.3 is 10.1 Å². The van der Waals surface area contributed by atoms with E-state index in [-0.39, 0.29) is 19.1 Å². The number of pyridine rings is 1. The van der Waals surface area contributed by atoms with Crippen LogP contribution in [-0.2, 0) is 24.5 Å². The van der Waals surface area contributed by atoms with Crippen molar-refractivity contribution >= 4 is 17.5 Å². The number of rotatable bonds is 7. The Morgan fingerprint density at radius 3 is 2.84 bits per heavy atom. The zero-order valence-corrected chi connectivity index (χ0v) is 13.9. The summed E-state index contributed by atoms with van der Waals surface area (Å²) >= 11 is 5.83. The molecular weight excluding hydrogens is 344 g/mol. The van der Waals surface area contributed by atoms with Crippen LogP contribution in [-0.4, -0.2) is 31.1 Å². The molecule has 3 rings (SSSR count). The van der Waals surface area contributed by atoms with Crippen LogP contribution >= 0.6 is 11.6 Å². The first-order valence-corrected chi connectivity index (χ1v) is 7.87. The molecule has 0 spiro atoms. The molecule has 0 saturated heterocycles. The molecule has 0 atom stereocenters. The van der Waals surface area contributed by atoms with Gasteiger partial charge in [0.2, 0.25) is 5.91 Å². The third-order valence-electron chi connectivity index (χ3n) is 3.29. The molecule has 3 aromatic rings. The van der Waals surface area contributed by atoms with Crippen molar-refractivity contribution in [2.45, 2.75) is 19.7 Å². The summed E-state index contributed by atoms with van der Waals surface area (Å²) < 4.78 is 6.99. The largest absolute Gasteiger partial charge is 0.486 e. The van der Waals surface area contributed by atoms with Crippen molar-refractivity contribution in [1.29, 1.82) is 0 Å². The zero-order valence-electron chi connectivity index (χ0n) is 13.2. The highest BCUT2D eigenvalue weighted by Crippen LogP contribution is 2.16. The smallest absolute Gasteiger partial charge is 0.242 e. The maximum absolute atomic E-state index is 12.0. The molecule has 1 N–H and O–H groups in total. The van der Waals surface area contributed by atoms with Crippen LogP contribution in [0.25, 0.3) is 0 Å². The van der Waals surface area contributed by atoms with Crippen molar-refractivity contribution in [2.24, 2.45) is 0 Å². The van der Waals surface area contributed by atoms with Crippen LogP contribution < -0.4 is 10.1 Å². The van der Waals surface area contributed by atoms with Gasteiger partial charge in [0.05, 0.1) is 0 Å². The third-order valence-corrected chi connectivity index (χ3v) is 3.55. The van der Waals surface area contributed by atoms with Gasteiger partial charge in [0, 0.05) is 24.0 Å². The highest BCUT2D eigenvalue weighted by atomic mass is 35.5. The fourth-order valence-corrected chi connectivity index (χ4v) is 2.15. The van der Waals surface area contributed by atoms with E-state index in [9.17, 15) is 4.79 Å². The average molecular weight is 359 g/mol. The van der Waals surface area contributed by atoms with Gasteiger partial charge in [0.1, 0.15) is 18.9 Å². The van der Waals surface area contributed by atoms with E-state index in [0.29, 0.717) is 23.1 Å². The van der Waals surface area contributed by atoms with Gasteiger partial charge in [0.25, 0.3) is 0 Å². The Hall–Kier alpha value is -3.00. The van der Waals surface area contributed by atoms with Crippen LogP contribution in [0.4, 0.5) is 0 Å². The lowest BCUT2D eigenvalue weighted by molar-refractivity contribution is -0.122. The summed E-state index contributed by atoms with van der Waals surface area (Å²) in [5.41, 5.74) is 0.916. The van der Waals surface area contributed by atoms with Crippen molar-refractivity contribution < 1.29 is 9.53 Å². The van der Waals surface area contributed by atoms with Crippen molar-refractivity contribution in [1.82, 2.24) is 30.5 Å². The predicted octanol–water partition coefficient (Wildman–Crippen LogP) is 1.62. The van der Waals surface area contributed by atoms with Gasteiger partial charge in [0.15, 0.2) is 5.82 Å². The van der Waals surface area contributed by atoms with E-state index >= 15 is 0 Å². The lowest BCUT2D eigenvalue weighted by Crippen LogP contribution is -2.28. The Morgan fingerprint density at radius 2 is 2.08 bits per heavy atom. The van der Waals surface area contributed by atoms with Crippen molar-refractivity contribution in [3.63, 3.8) is 0 Å². The van der Waals surface area contributed by atoms with Crippen molar-refractivity contribution in [2.75, 3.05) is 0 Å². The molecule has 0 aliphatic carbocycles. The minimum atomic E-state index is -0.205. The molecule has 128 valence electrons. The normalized spacial score (nSPS) is 10.4. The highest BCUT2D eigenvalue weighted by molar-refractivity contribution is 6.30. The predicted molar refractivity (Wildman–Crippen MR) is 89.7 cm³/mol. The molecular formula is C16H15ClN6O2. The number of carbonyl (C=O) groups excluding carboxylic acids is 1. The second-order valence-corrected chi connectivity index (χ2v) is 5.57. The van der Waals surface area contributed by atoms with E-state index in [4.69, 9.17) is 16.3 Å². The molecule has 1 amide bonds. The molecule has 0 unspecified atom stereocenters. The van der Waals surface area contributed by atoms with Gasteiger partial charge in [-0.25, -0.2) is 4.68 Å². The van der Waals surface area contributed by atoms with E-state index < -0.39 is 0 Å². The summed E-state index contributed by atoms with van der Waals surface area (Å²) in [6.45, 7) is 0.544. The van der Waals surface area contributed by atoms with Gasteiger partial charge in [-0.3, -0.25) is 9.78 Å². The van der Waals surface area contributed by atoms with Crippen LogP contribution in [0.5, 0.6) is 5.75 Å². The van der Waals surface area contributed by atoms with Crippen LogP contribution in [0.2, 0.25) is 5.02 Å². The summed E-state index contributed by atoms with van der Waals surface area (Å²) in [5.74, 6) is 0.885. The van der Waals surface area contributed by atoms with E-state index in [1.54, 1.807) is 36.7 Å². The molecule has 2 heterocycles. The average Bonchev–Trinajstić information content (AvgIpc) is 3.07. The van der Waals surface area contributed by atoms with Crippen LogP contribution in [0.1, 0.15) is 11.4 Å². The number of aromatic nitrogens is 5. The monoisotopic (exact) mass is 358 g/mol. The van der Waals surface area contributed by atoms with Gasteiger partial charge in [-0.05, 0) is 46.3 Å². The molecule has 9 heteroatoms. The zero-order chi connectivity index (χ0) is 17.5. The van der Waals surface area contributed by atoms with Gasteiger partial charge in [-0.1, -0.05) is 17.7 Å². The van der Waals surface area contributed by atoms with Crippen molar-refractivity contribution in [3.05, 3.63) is 65.2 Å². The quantitative estimate of drug-likeness (QED) is 0.689. The van der Waals surface area contributed by atoms with Gasteiger partial charge in [-0.15, -0.1) is 5.10 Å². The third kappa shape index (κ3) is 4.98. The summed E-state index contributed by atoms with van der Waals surface area (Å²) in [6, 6.07) is 10.6. The number of hydrogen-bond donors (Lipinski definition) is 1. The molecule has 1 aromatic carbocycles. The summed E-state index contributed by atoms with van der Waals surface area (Å²) in [4.78, 5) is 16.0. The lowest BCUT2D eigenvalue weighted by atomic mass is 10.3. The lowest BCUT2D eigenvalue weighted by Gasteiger charge is -2.08. The number of nitrogens with zero attached hydrogens (tertiary/aromatic N) is 5. The first kappa shape index (κ1) is 16.8. The van der Waals surface area contributed by atoms with Crippen LogP contribution in [0.15, 0.2) is 48.8 Å². The Bertz CT molecular complexity index is 822. The molecule has 0 saturated carbocycles. The van der Waals surface area contributed by atoms with Crippen molar-refractivity contribution in [3.8, 4) is 5.75 Å². The first-order chi connectivity index (χ1) is 12.2. The Morgan fingerprint density at radius 1 is 1.24 bits per heavy atom. The van der Waals surface area contributed by atoms with E-state index in [2.05, 4.69) is 25.8 Å². The number of nitrogens with one attached hydrogen (secondary N) is 1. The molecule has 0 aliphatic heterocycles. The second kappa shape index (κ2) is 8.20. The number of amides is 1. The molecule has 0 aliphatic rings. The minimum Gasteiger partial charge on any atom is -0.486 e. The number of halogens is 1. The number of tetrazole rings is 1. The summed E-state index contributed by atoms with van der Waals surface area (Å²) in [5, 5.41) is 14.7. The molecule has 2 aromatic heterocycles. The van der Waals surface area contributed by atoms with E-state index in [0.717, 1.165) is 5.56 Å². The van der Waals surface area contributed by atoms with Crippen LogP contribution in [0.3, 0.4) is 0 Å². The maximum Gasteiger partial charge on any atom is 0.242 e. The minimum absolute atomic E-state index is 0.00652. The molecule has 0 radical (unpaired) electrons. The maximum atomic E-state index is 12.0. The highest BCUT2D eigenvalue weighted by Gasteiger charge is 2.11. The van der Waals surface area contributed by atoms with Crippen LogP contribution in [0, 0.1) is 0 Å². The topological polar surface area (TPSA) is 94.8 Å². The SMILES string of the molecule is O=C(Cn1nnnc1COc1ccc(Cl)cc1)NCc1cccnc1.